The van der Waals surface area contributed by atoms with Crippen molar-refractivity contribution in [3.8, 4) is 0 Å². The molecule has 0 spiro atoms. The first-order valence-electron chi connectivity index (χ1n) is 8.98. The van der Waals surface area contributed by atoms with Gasteiger partial charge in [-0.3, -0.25) is 0 Å². The number of nitrogens with zero attached hydrogens (tertiary/aromatic N) is 1. The van der Waals surface area contributed by atoms with Gasteiger partial charge in [-0.25, -0.2) is 4.39 Å². The monoisotopic (exact) mass is 571 g/mol. The van der Waals surface area contributed by atoms with E-state index in [1.165, 1.54) is 36.4 Å². The third kappa shape index (κ3) is 4.03. The summed E-state index contributed by atoms with van der Waals surface area (Å²) in [5.41, 5.74) is -11.5. The molecule has 0 N–H and O–H groups in total. The number of alkyl halides is 12. The Kier molecular flexibility index (Phi) is 6.24. The summed E-state index contributed by atoms with van der Waals surface area (Å²) < 4.78 is 162. The molecule has 1 aliphatic heterocycles. The van der Waals surface area contributed by atoms with Crippen molar-refractivity contribution in [2.75, 3.05) is 11.4 Å². The number of anilines is 2. The lowest BCUT2D eigenvalue weighted by molar-refractivity contribution is -0.389. The zero-order valence-electron chi connectivity index (χ0n) is 16.2. The molecule has 0 saturated heterocycles. The molecule has 0 bridgehead atoms. The van der Waals surface area contributed by atoms with Crippen LogP contribution in [0.2, 0.25) is 0 Å². The predicted octanol–water partition coefficient (Wildman–Crippen LogP) is 8.56. The largest absolute Gasteiger partial charge is 0.457 e. The van der Waals surface area contributed by atoms with Gasteiger partial charge in [0.05, 0.1) is 11.3 Å². The molecule has 2 aromatic rings. The van der Waals surface area contributed by atoms with E-state index in [9.17, 15) is 52.7 Å². The fourth-order valence-corrected chi connectivity index (χ4v) is 4.15. The molecule has 1 nitrogen and oxygen atoms in total. The Morgan fingerprint density at radius 1 is 0.765 bits per heavy atom. The topological polar surface area (TPSA) is 3.24 Å². The van der Waals surface area contributed by atoms with Gasteiger partial charge in [0.25, 0.3) is 0 Å². The highest BCUT2D eigenvalue weighted by Crippen LogP contribution is 2.59. The molecule has 2 aromatic carbocycles. The number of fused-ring (bicyclic) bond motifs is 1. The molecule has 0 radical (unpaired) electrons. The van der Waals surface area contributed by atoms with E-state index in [4.69, 9.17) is 0 Å². The second-order valence-corrected chi connectivity index (χ2v) is 8.01. The van der Waals surface area contributed by atoms with E-state index < -0.39 is 57.5 Å². The molecule has 1 atom stereocenters. The first-order chi connectivity index (χ1) is 15.3. The maximum atomic E-state index is 14.9. The molecule has 0 saturated carbocycles. The van der Waals surface area contributed by atoms with Crippen LogP contribution in [-0.2, 0) is 11.8 Å². The Balaban J connectivity index is 2.35. The van der Waals surface area contributed by atoms with E-state index in [0.717, 1.165) is 4.90 Å². The minimum atomic E-state index is -7.11. The summed E-state index contributed by atoms with van der Waals surface area (Å²) >= 11 is 2.53. The molecule has 0 amide bonds. The van der Waals surface area contributed by atoms with Crippen molar-refractivity contribution >= 4 is 33.4 Å². The Hall–Kier alpha value is -2.38. The first kappa shape index (κ1) is 26.2. The molecule has 14 heteroatoms. The van der Waals surface area contributed by atoms with Crippen LogP contribution in [0.3, 0.4) is 0 Å². The summed E-state index contributed by atoms with van der Waals surface area (Å²) in [6.45, 7) is -0.267. The lowest BCUT2D eigenvalue weighted by Gasteiger charge is -2.37. The molecule has 1 unspecified atom stereocenters. The van der Waals surface area contributed by atoms with Gasteiger partial charge in [-0.15, -0.1) is 0 Å². The normalized spacial score (nSPS) is 16.9. The molecular weight excluding hydrogens is 562 g/mol. The number of para-hydroxylation sites is 1. The minimum Gasteiger partial charge on any atom is -0.336 e. The minimum absolute atomic E-state index is 0.131. The van der Waals surface area contributed by atoms with Crippen LogP contribution in [0.25, 0.3) is 6.08 Å². The van der Waals surface area contributed by atoms with E-state index in [2.05, 4.69) is 15.9 Å². The van der Waals surface area contributed by atoms with Gasteiger partial charge < -0.3 is 4.90 Å². The van der Waals surface area contributed by atoms with Crippen LogP contribution < -0.4 is 4.90 Å². The van der Waals surface area contributed by atoms with Crippen LogP contribution in [0, 0.1) is 0 Å². The zero-order valence-corrected chi connectivity index (χ0v) is 17.8. The van der Waals surface area contributed by atoms with E-state index in [-0.39, 0.29) is 18.3 Å². The van der Waals surface area contributed by atoms with Crippen LogP contribution in [0.5, 0.6) is 0 Å². The number of benzene rings is 2. The standard InChI is InChI=1S/C20H10BrF12N/c21-13-9-11(16(22,19(28,29)30)18(26,27)20(31,32)33)8-12(17(23,24)25)15(13)34-7-3-5-10-4-1-2-6-14(10)34/h1-6,8-9H,7H2. The first-order valence-corrected chi connectivity index (χ1v) is 9.78. The van der Waals surface area contributed by atoms with Crippen molar-refractivity contribution in [3.05, 3.63) is 63.6 Å². The fourth-order valence-electron chi connectivity index (χ4n) is 3.48. The maximum Gasteiger partial charge on any atom is 0.457 e. The smallest absolute Gasteiger partial charge is 0.336 e. The summed E-state index contributed by atoms with van der Waals surface area (Å²) in [6, 6.07) is 4.99. The number of hydrogen-bond acceptors (Lipinski definition) is 1. The zero-order chi connectivity index (χ0) is 25.9. The Labute approximate surface area is 191 Å². The highest BCUT2D eigenvalue weighted by atomic mass is 79.9. The molecule has 1 heterocycles. The number of hydrogen-bond donors (Lipinski definition) is 0. The van der Waals surface area contributed by atoms with Gasteiger partial charge in [-0.2, -0.15) is 48.3 Å². The van der Waals surface area contributed by atoms with Crippen molar-refractivity contribution in [2.24, 2.45) is 0 Å². The third-order valence-electron chi connectivity index (χ3n) is 5.03. The quantitative estimate of drug-likeness (QED) is 0.334. The SMILES string of the molecule is FC(F)(F)c1cc(C(F)(C(F)(F)F)C(F)(F)C(F)(F)F)cc(Br)c1N1CC=Cc2ccccc21. The molecular formula is C20H10BrF12N. The molecule has 186 valence electrons. The number of rotatable bonds is 3. The van der Waals surface area contributed by atoms with Crippen molar-refractivity contribution in [2.45, 2.75) is 30.1 Å². The van der Waals surface area contributed by atoms with Crippen molar-refractivity contribution in [1.82, 2.24) is 0 Å². The molecule has 3 rings (SSSR count). The summed E-state index contributed by atoms with van der Waals surface area (Å²) in [5, 5.41) is 0. The lowest BCUT2D eigenvalue weighted by atomic mass is 9.86. The van der Waals surface area contributed by atoms with Crippen LogP contribution in [0.15, 0.2) is 46.9 Å². The van der Waals surface area contributed by atoms with Crippen LogP contribution in [-0.4, -0.2) is 24.8 Å². The van der Waals surface area contributed by atoms with Crippen LogP contribution in [0.1, 0.15) is 16.7 Å². The van der Waals surface area contributed by atoms with Crippen molar-refractivity contribution in [3.63, 3.8) is 0 Å². The highest BCUT2D eigenvalue weighted by Gasteiger charge is 2.82. The van der Waals surface area contributed by atoms with Crippen LogP contribution >= 0.6 is 15.9 Å². The van der Waals surface area contributed by atoms with Gasteiger partial charge in [-0.05, 0) is 39.7 Å². The summed E-state index contributed by atoms with van der Waals surface area (Å²) in [7, 11) is 0. The molecule has 1 aliphatic rings. The van der Waals surface area contributed by atoms with Crippen molar-refractivity contribution in [1.29, 1.82) is 0 Å². The maximum absolute atomic E-state index is 14.9. The second-order valence-electron chi connectivity index (χ2n) is 7.15. The fraction of sp³-hybridized carbons (Fsp3) is 0.300. The Morgan fingerprint density at radius 2 is 1.35 bits per heavy atom. The Bertz CT molecular complexity index is 1120. The summed E-state index contributed by atoms with van der Waals surface area (Å²) in [5.74, 6) is -7.11. The van der Waals surface area contributed by atoms with E-state index in [1.807, 2.05) is 0 Å². The van der Waals surface area contributed by atoms with Gasteiger partial charge >= 0.3 is 30.1 Å². The van der Waals surface area contributed by atoms with E-state index in [1.54, 1.807) is 0 Å². The summed E-state index contributed by atoms with van der Waals surface area (Å²) in [4.78, 5) is 0.946. The van der Waals surface area contributed by atoms with Gasteiger partial charge in [0.2, 0.25) is 0 Å². The van der Waals surface area contributed by atoms with Gasteiger partial charge in [0, 0.05) is 22.3 Å². The van der Waals surface area contributed by atoms with E-state index >= 15 is 0 Å². The van der Waals surface area contributed by atoms with Gasteiger partial charge in [0.1, 0.15) is 0 Å². The average molecular weight is 572 g/mol. The molecule has 0 aromatic heterocycles. The van der Waals surface area contributed by atoms with Gasteiger partial charge in [0.15, 0.2) is 0 Å². The molecule has 34 heavy (non-hydrogen) atoms. The molecule has 0 aliphatic carbocycles. The second kappa shape index (κ2) is 8.09. The highest BCUT2D eigenvalue weighted by molar-refractivity contribution is 9.10. The Morgan fingerprint density at radius 3 is 1.88 bits per heavy atom. The van der Waals surface area contributed by atoms with Crippen LogP contribution in [0.4, 0.5) is 64.1 Å². The lowest BCUT2D eigenvalue weighted by Crippen LogP contribution is -2.59. The number of halogens is 13. The van der Waals surface area contributed by atoms with E-state index in [0.29, 0.717) is 5.56 Å². The van der Waals surface area contributed by atoms with Crippen molar-refractivity contribution < 1.29 is 52.7 Å². The molecule has 0 fully saturated rings. The summed E-state index contributed by atoms with van der Waals surface area (Å²) in [6.07, 6.45) is -16.7. The third-order valence-corrected chi connectivity index (χ3v) is 5.63. The van der Waals surface area contributed by atoms with Gasteiger partial charge in [-0.1, -0.05) is 30.4 Å². The predicted molar refractivity (Wildman–Crippen MR) is 101 cm³/mol. The average Bonchev–Trinajstić information content (AvgIpc) is 2.69.